The van der Waals surface area contributed by atoms with Crippen molar-refractivity contribution in [1.29, 1.82) is 0 Å². The Bertz CT molecular complexity index is 619. The topological polar surface area (TPSA) is 48.1 Å². The van der Waals surface area contributed by atoms with Crippen molar-refractivity contribution in [3.8, 4) is 5.75 Å². The van der Waals surface area contributed by atoms with E-state index in [-0.39, 0.29) is 6.04 Å². The van der Waals surface area contributed by atoms with E-state index >= 15 is 0 Å². The van der Waals surface area contributed by atoms with Gasteiger partial charge in [0, 0.05) is 15.1 Å². The lowest BCUT2D eigenvalue weighted by Gasteiger charge is -2.14. The predicted octanol–water partition coefficient (Wildman–Crippen LogP) is 4.62. The number of halogens is 3. The molecule has 0 fully saturated rings. The largest absolute Gasteiger partial charge is 0.496 e. The van der Waals surface area contributed by atoms with Gasteiger partial charge in [0.2, 0.25) is 0 Å². The summed E-state index contributed by atoms with van der Waals surface area (Å²) >= 11 is 10.4. The average Bonchev–Trinajstić information content (AvgIpc) is 2.38. The number of ether oxygens (including phenoxy) is 1. The molecule has 1 aromatic heterocycles. The van der Waals surface area contributed by atoms with E-state index in [2.05, 4.69) is 52.8 Å². The number of nitrogens with zero attached hydrogens (tertiary/aromatic N) is 1. The van der Waals surface area contributed by atoms with Gasteiger partial charge in [-0.25, -0.2) is 0 Å². The van der Waals surface area contributed by atoms with Crippen LogP contribution in [0.4, 0.5) is 0 Å². The maximum atomic E-state index is 6.24. The first kappa shape index (κ1) is 15.9. The SMILES string of the molecule is COc1ccc(CC(N)c2ncc(Br)cc2Br)cc1Br. The van der Waals surface area contributed by atoms with Gasteiger partial charge in [-0.15, -0.1) is 0 Å². The van der Waals surface area contributed by atoms with Gasteiger partial charge in [0.25, 0.3) is 0 Å². The van der Waals surface area contributed by atoms with E-state index in [0.29, 0.717) is 6.42 Å². The summed E-state index contributed by atoms with van der Waals surface area (Å²) in [6, 6.07) is 7.74. The summed E-state index contributed by atoms with van der Waals surface area (Å²) in [5.74, 6) is 0.810. The summed E-state index contributed by atoms with van der Waals surface area (Å²) in [5.41, 5.74) is 8.22. The first-order valence-electron chi connectivity index (χ1n) is 5.90. The van der Waals surface area contributed by atoms with Gasteiger partial charge < -0.3 is 10.5 Å². The van der Waals surface area contributed by atoms with Crippen LogP contribution in [0.1, 0.15) is 17.3 Å². The summed E-state index contributed by atoms with van der Waals surface area (Å²) in [4.78, 5) is 4.37. The maximum absolute atomic E-state index is 6.24. The quantitative estimate of drug-likeness (QED) is 0.718. The monoisotopic (exact) mass is 462 g/mol. The van der Waals surface area contributed by atoms with Crippen LogP contribution in [-0.2, 0) is 6.42 Å². The summed E-state index contributed by atoms with van der Waals surface area (Å²) in [6.45, 7) is 0. The third-order valence-corrected chi connectivity index (χ3v) is 4.55. The van der Waals surface area contributed by atoms with Crippen LogP contribution in [0.15, 0.2) is 43.9 Å². The number of benzene rings is 1. The minimum Gasteiger partial charge on any atom is -0.496 e. The fourth-order valence-electron chi connectivity index (χ4n) is 1.89. The third kappa shape index (κ3) is 3.81. The van der Waals surface area contributed by atoms with Crippen LogP contribution in [0.2, 0.25) is 0 Å². The van der Waals surface area contributed by atoms with Gasteiger partial charge in [-0.1, -0.05) is 6.07 Å². The number of methoxy groups -OCH3 is 1. The molecule has 3 nitrogen and oxygen atoms in total. The van der Waals surface area contributed by atoms with E-state index in [1.165, 1.54) is 0 Å². The molecule has 1 atom stereocenters. The minimum absolute atomic E-state index is 0.169. The molecule has 0 saturated heterocycles. The normalized spacial score (nSPS) is 12.2. The Morgan fingerprint density at radius 2 is 1.95 bits per heavy atom. The molecule has 1 heterocycles. The van der Waals surface area contributed by atoms with Crippen LogP contribution in [0, 0.1) is 0 Å². The second-order valence-corrected chi connectivity index (χ2v) is 6.92. The number of aromatic nitrogens is 1. The van der Waals surface area contributed by atoms with Gasteiger partial charge in [0.15, 0.2) is 0 Å². The molecule has 0 aliphatic rings. The van der Waals surface area contributed by atoms with Gasteiger partial charge in [-0.2, -0.15) is 0 Å². The highest BCUT2D eigenvalue weighted by Crippen LogP contribution is 2.29. The van der Waals surface area contributed by atoms with Crippen molar-refractivity contribution in [2.24, 2.45) is 5.73 Å². The van der Waals surface area contributed by atoms with Crippen molar-refractivity contribution in [2.75, 3.05) is 7.11 Å². The summed E-state index contributed by atoms with van der Waals surface area (Å²) in [6.07, 6.45) is 2.46. The van der Waals surface area contributed by atoms with Crippen molar-refractivity contribution in [3.05, 3.63) is 55.1 Å². The lowest BCUT2D eigenvalue weighted by atomic mass is 10.0. The second-order valence-electron chi connectivity index (χ2n) is 4.30. The smallest absolute Gasteiger partial charge is 0.133 e. The average molecular weight is 465 g/mol. The highest BCUT2D eigenvalue weighted by Gasteiger charge is 2.13. The van der Waals surface area contributed by atoms with Gasteiger partial charge in [-0.05, 0) is 78.0 Å². The molecule has 1 aromatic carbocycles. The Hall–Kier alpha value is -0.430. The molecule has 6 heteroatoms. The molecular weight excluding hydrogens is 452 g/mol. The predicted molar refractivity (Wildman–Crippen MR) is 91.0 cm³/mol. The molecule has 0 saturated carbocycles. The fourth-order valence-corrected chi connectivity index (χ4v) is 3.76. The van der Waals surface area contributed by atoms with Gasteiger partial charge in [-0.3, -0.25) is 4.98 Å². The molecule has 2 N–H and O–H groups in total. The van der Waals surface area contributed by atoms with E-state index in [4.69, 9.17) is 10.5 Å². The summed E-state index contributed by atoms with van der Waals surface area (Å²) < 4.78 is 7.98. The summed E-state index contributed by atoms with van der Waals surface area (Å²) in [5, 5.41) is 0. The highest BCUT2D eigenvalue weighted by molar-refractivity contribution is 9.11. The first-order valence-corrected chi connectivity index (χ1v) is 8.28. The van der Waals surface area contributed by atoms with E-state index in [1.807, 2.05) is 24.3 Å². The molecule has 2 aromatic rings. The van der Waals surface area contributed by atoms with E-state index in [1.54, 1.807) is 13.3 Å². The number of nitrogens with two attached hydrogens (primary N) is 1. The minimum atomic E-state index is -0.169. The fraction of sp³-hybridized carbons (Fsp3) is 0.214. The molecule has 2 rings (SSSR count). The van der Waals surface area contributed by atoms with Crippen molar-refractivity contribution < 1.29 is 4.74 Å². The van der Waals surface area contributed by atoms with Crippen LogP contribution in [0.3, 0.4) is 0 Å². The van der Waals surface area contributed by atoms with Crippen molar-refractivity contribution >= 4 is 47.8 Å². The zero-order valence-corrected chi connectivity index (χ0v) is 15.5. The second kappa shape index (κ2) is 7.02. The maximum Gasteiger partial charge on any atom is 0.133 e. The van der Waals surface area contributed by atoms with Crippen LogP contribution in [-0.4, -0.2) is 12.1 Å². The van der Waals surface area contributed by atoms with Crippen molar-refractivity contribution in [3.63, 3.8) is 0 Å². The summed E-state index contributed by atoms with van der Waals surface area (Å²) in [7, 11) is 1.65. The molecule has 0 amide bonds. The van der Waals surface area contributed by atoms with E-state index in [0.717, 1.165) is 30.4 Å². The molecule has 0 aliphatic heterocycles. The molecule has 0 spiro atoms. The van der Waals surface area contributed by atoms with Crippen molar-refractivity contribution in [2.45, 2.75) is 12.5 Å². The van der Waals surface area contributed by atoms with Crippen LogP contribution >= 0.6 is 47.8 Å². The number of rotatable bonds is 4. The zero-order chi connectivity index (χ0) is 14.7. The molecule has 0 radical (unpaired) electrons. The number of pyridine rings is 1. The standard InChI is InChI=1S/C14H13Br3N2O/c1-20-13-3-2-8(4-10(13)16)5-12(18)14-11(17)6-9(15)7-19-14/h2-4,6-7,12H,5,18H2,1H3. The molecule has 0 aliphatic carbocycles. The lowest BCUT2D eigenvalue weighted by molar-refractivity contribution is 0.412. The third-order valence-electron chi connectivity index (χ3n) is 2.86. The highest BCUT2D eigenvalue weighted by atomic mass is 79.9. The van der Waals surface area contributed by atoms with Gasteiger partial charge >= 0.3 is 0 Å². The number of hydrogen-bond donors (Lipinski definition) is 1. The Kier molecular flexibility index (Phi) is 5.60. The lowest BCUT2D eigenvalue weighted by Crippen LogP contribution is -2.15. The van der Waals surface area contributed by atoms with Crippen LogP contribution in [0.25, 0.3) is 0 Å². The molecule has 106 valence electrons. The van der Waals surface area contributed by atoms with Crippen LogP contribution in [0.5, 0.6) is 5.75 Å². The molecule has 1 unspecified atom stereocenters. The Morgan fingerprint density at radius 3 is 2.55 bits per heavy atom. The Morgan fingerprint density at radius 1 is 1.20 bits per heavy atom. The first-order chi connectivity index (χ1) is 9.51. The molecule has 0 bridgehead atoms. The van der Waals surface area contributed by atoms with E-state index < -0.39 is 0 Å². The Labute approximate surface area is 143 Å². The van der Waals surface area contributed by atoms with Crippen LogP contribution < -0.4 is 10.5 Å². The van der Waals surface area contributed by atoms with Gasteiger partial charge in [0.05, 0.1) is 23.3 Å². The molecule has 20 heavy (non-hydrogen) atoms. The number of hydrogen-bond acceptors (Lipinski definition) is 3. The van der Waals surface area contributed by atoms with Gasteiger partial charge in [0.1, 0.15) is 5.75 Å². The van der Waals surface area contributed by atoms with E-state index in [9.17, 15) is 0 Å². The van der Waals surface area contributed by atoms with Crippen molar-refractivity contribution in [1.82, 2.24) is 4.98 Å². The molecular formula is C14H13Br3N2O. The Balaban J connectivity index is 2.18. The zero-order valence-electron chi connectivity index (χ0n) is 10.7.